The van der Waals surface area contributed by atoms with Crippen LogP contribution in [0.1, 0.15) is 26.7 Å². The second-order valence-electron chi connectivity index (χ2n) is 5.92. The van der Waals surface area contributed by atoms with Crippen molar-refractivity contribution >= 4 is 40.0 Å². The fourth-order valence-electron chi connectivity index (χ4n) is 2.46. The van der Waals surface area contributed by atoms with E-state index >= 15 is 0 Å². The molecule has 2 aromatic carbocycles. The minimum absolute atomic E-state index is 0.660. The third-order valence-corrected chi connectivity index (χ3v) is 6.89. The van der Waals surface area contributed by atoms with Gasteiger partial charge in [0.15, 0.2) is 0 Å². The highest BCUT2D eigenvalue weighted by Gasteiger charge is 2.20. The summed E-state index contributed by atoms with van der Waals surface area (Å²) in [5, 5.41) is 0. The lowest BCUT2D eigenvalue weighted by Gasteiger charge is -2.24. The maximum atomic E-state index is 12.5. The van der Waals surface area contributed by atoms with Crippen molar-refractivity contribution in [1.29, 1.82) is 0 Å². The normalized spacial score (nSPS) is 12.1. The van der Waals surface area contributed by atoms with Crippen LogP contribution in [0.5, 0.6) is 11.5 Å². The number of benzene rings is 2. The lowest BCUT2D eigenvalue weighted by molar-refractivity contribution is 0.483. The molecule has 142 valence electrons. The van der Waals surface area contributed by atoms with Gasteiger partial charge in [-0.25, -0.2) is 0 Å². The summed E-state index contributed by atoms with van der Waals surface area (Å²) in [5.74, 6) is 3.03. The molecule has 3 aromatic rings. The Kier molecular flexibility index (Phi) is 7.20. The van der Waals surface area contributed by atoms with Crippen LogP contribution in [0.2, 0.25) is 0 Å². The minimum atomic E-state index is -1.03. The van der Waals surface area contributed by atoms with E-state index in [9.17, 15) is 4.55 Å². The van der Waals surface area contributed by atoms with Gasteiger partial charge in [0.1, 0.15) is 17.3 Å². The lowest BCUT2D eigenvalue weighted by atomic mass is 10.2. The zero-order chi connectivity index (χ0) is 19.1. The smallest absolute Gasteiger partial charge is 0.132 e. The maximum Gasteiger partial charge on any atom is 0.132 e. The molecule has 0 aliphatic rings. The Labute approximate surface area is 167 Å². The van der Waals surface area contributed by atoms with E-state index in [0.29, 0.717) is 11.5 Å². The van der Waals surface area contributed by atoms with Crippen molar-refractivity contribution in [2.45, 2.75) is 26.7 Å². The van der Waals surface area contributed by atoms with Crippen LogP contribution >= 0.6 is 11.9 Å². The predicted octanol–water partition coefficient (Wildman–Crippen LogP) is 5.36. The quantitative estimate of drug-likeness (QED) is 0.355. The molecule has 0 saturated carbocycles. The number of aromatic nitrogens is 2. The molecule has 5 nitrogen and oxygen atoms in total. The Morgan fingerprint density at radius 1 is 0.963 bits per heavy atom. The van der Waals surface area contributed by atoms with Crippen LogP contribution in [-0.4, -0.2) is 26.0 Å². The standard InChI is InChI=1S/C20H23N3O2S2/c1-3-13-26-23(27(24)14-4-2)16-5-7-17(8-6-16)25-18-9-10-19-20(15-18)22-12-11-21-19/h5-12,15H,3-4,13-14H2,1-2H3. The van der Waals surface area contributed by atoms with Crippen LogP contribution in [-0.2, 0) is 11.4 Å². The van der Waals surface area contributed by atoms with E-state index in [1.54, 1.807) is 24.3 Å². The molecule has 1 unspecified atom stereocenters. The number of fused-ring (bicyclic) bond motifs is 1. The highest BCUT2D eigenvalue weighted by molar-refractivity contribution is 8.14. The Morgan fingerprint density at radius 3 is 2.37 bits per heavy atom. The topological polar surface area (TPSA) is 61.3 Å². The molecule has 0 radical (unpaired) electrons. The second kappa shape index (κ2) is 9.82. The van der Waals surface area contributed by atoms with Gasteiger partial charge >= 0.3 is 0 Å². The summed E-state index contributed by atoms with van der Waals surface area (Å²) in [4.78, 5) is 8.56. The van der Waals surface area contributed by atoms with Gasteiger partial charge < -0.3 is 9.29 Å². The monoisotopic (exact) mass is 401 g/mol. The fraction of sp³-hybridized carbons (Fsp3) is 0.300. The van der Waals surface area contributed by atoms with E-state index < -0.39 is 11.4 Å². The van der Waals surface area contributed by atoms with Gasteiger partial charge in [0.25, 0.3) is 0 Å². The van der Waals surface area contributed by atoms with E-state index in [4.69, 9.17) is 4.74 Å². The summed E-state index contributed by atoms with van der Waals surface area (Å²) in [6, 6.07) is 13.3. The van der Waals surface area contributed by atoms with E-state index in [-0.39, 0.29) is 0 Å². The van der Waals surface area contributed by atoms with Crippen molar-refractivity contribution in [1.82, 2.24) is 9.97 Å². The van der Waals surface area contributed by atoms with Crippen molar-refractivity contribution < 1.29 is 9.29 Å². The van der Waals surface area contributed by atoms with Crippen molar-refractivity contribution in [3.8, 4) is 11.5 Å². The average Bonchev–Trinajstić information content (AvgIpc) is 2.69. The summed E-state index contributed by atoms with van der Waals surface area (Å²) < 4.78 is 20.4. The third kappa shape index (κ3) is 5.28. The Bertz CT molecular complexity index is 861. The number of hydrogen-bond donors (Lipinski definition) is 0. The molecule has 0 bridgehead atoms. The van der Waals surface area contributed by atoms with Gasteiger partial charge in [0.05, 0.1) is 28.1 Å². The van der Waals surface area contributed by atoms with E-state index in [1.165, 1.54) is 0 Å². The summed E-state index contributed by atoms with van der Waals surface area (Å²) in [6.45, 7) is 4.17. The zero-order valence-electron chi connectivity index (χ0n) is 15.5. The molecule has 0 fully saturated rings. The molecule has 0 aliphatic heterocycles. The molecule has 0 aliphatic carbocycles. The van der Waals surface area contributed by atoms with Crippen molar-refractivity contribution in [3.05, 3.63) is 54.9 Å². The molecule has 0 amide bonds. The summed E-state index contributed by atoms with van der Waals surface area (Å²) >= 11 is 0.581. The van der Waals surface area contributed by atoms with Crippen LogP contribution in [0, 0.1) is 0 Å². The fourth-order valence-corrected chi connectivity index (χ4v) is 4.87. The highest BCUT2D eigenvalue weighted by Crippen LogP contribution is 2.31. The molecule has 7 heteroatoms. The van der Waals surface area contributed by atoms with Gasteiger partial charge in [0.2, 0.25) is 0 Å². The third-order valence-electron chi connectivity index (χ3n) is 3.70. The van der Waals surface area contributed by atoms with Crippen molar-refractivity contribution in [2.24, 2.45) is 0 Å². The van der Waals surface area contributed by atoms with E-state index in [2.05, 4.69) is 16.9 Å². The largest absolute Gasteiger partial charge is 0.592 e. The molecule has 0 N–H and O–H groups in total. The van der Waals surface area contributed by atoms with Gasteiger partial charge in [-0.05, 0) is 49.2 Å². The molecule has 1 aromatic heterocycles. The number of hydrogen-bond acceptors (Lipinski definition) is 6. The van der Waals surface area contributed by atoms with Crippen LogP contribution < -0.4 is 8.45 Å². The molecule has 0 spiro atoms. The van der Waals surface area contributed by atoms with Crippen LogP contribution in [0.25, 0.3) is 11.0 Å². The molecular formula is C20H23N3O2S2. The SMILES string of the molecule is CCCSN(c1ccc(Oc2ccc3nccnc3c2)cc1)[S+]([O-])CCC. The van der Waals surface area contributed by atoms with E-state index in [1.807, 2.05) is 53.1 Å². The van der Waals surface area contributed by atoms with Crippen LogP contribution in [0.15, 0.2) is 54.9 Å². The van der Waals surface area contributed by atoms with Crippen LogP contribution in [0.3, 0.4) is 0 Å². The van der Waals surface area contributed by atoms with Gasteiger partial charge in [-0.2, -0.15) is 0 Å². The molecule has 3 rings (SSSR count). The molecular weight excluding hydrogens is 378 g/mol. The van der Waals surface area contributed by atoms with Gasteiger partial charge in [-0.3, -0.25) is 9.97 Å². The average molecular weight is 402 g/mol. The highest BCUT2D eigenvalue weighted by atomic mass is 32.3. The van der Waals surface area contributed by atoms with Gasteiger partial charge in [-0.1, -0.05) is 13.8 Å². The lowest BCUT2D eigenvalue weighted by Crippen LogP contribution is -2.27. The summed E-state index contributed by atoms with van der Waals surface area (Å²) in [6.07, 6.45) is 5.27. The molecule has 1 heterocycles. The molecule has 27 heavy (non-hydrogen) atoms. The summed E-state index contributed by atoms with van der Waals surface area (Å²) in [7, 11) is 0. The van der Waals surface area contributed by atoms with Crippen molar-refractivity contribution in [3.63, 3.8) is 0 Å². The van der Waals surface area contributed by atoms with Crippen molar-refractivity contribution in [2.75, 3.05) is 15.2 Å². The predicted molar refractivity (Wildman–Crippen MR) is 115 cm³/mol. The maximum absolute atomic E-state index is 12.5. The van der Waals surface area contributed by atoms with Gasteiger partial charge in [-0.15, -0.1) is 3.71 Å². The van der Waals surface area contributed by atoms with Crippen LogP contribution in [0.4, 0.5) is 5.69 Å². The minimum Gasteiger partial charge on any atom is -0.592 e. The first-order chi connectivity index (χ1) is 13.2. The number of rotatable bonds is 9. The Balaban J connectivity index is 1.74. The molecule has 0 saturated heterocycles. The number of anilines is 1. The second-order valence-corrected chi connectivity index (χ2v) is 8.60. The first-order valence-corrected chi connectivity index (χ1v) is 11.2. The zero-order valence-corrected chi connectivity index (χ0v) is 17.1. The Morgan fingerprint density at radius 2 is 1.67 bits per heavy atom. The number of ether oxygens (including phenoxy) is 1. The first-order valence-electron chi connectivity index (χ1n) is 9.01. The molecule has 1 atom stereocenters. The first kappa shape index (κ1) is 19.8. The van der Waals surface area contributed by atoms with E-state index in [0.717, 1.165) is 41.1 Å². The Hall–Kier alpha value is -1.96. The summed E-state index contributed by atoms with van der Waals surface area (Å²) in [5.41, 5.74) is 2.56. The van der Waals surface area contributed by atoms with Gasteiger partial charge in [0, 0.05) is 36.2 Å². The number of nitrogens with zero attached hydrogens (tertiary/aromatic N) is 3.